The van der Waals surface area contributed by atoms with E-state index >= 15 is 0 Å². The number of sulfonamides is 1. The fraction of sp³-hybridized carbons (Fsp3) is 0.227. The first-order valence-electron chi connectivity index (χ1n) is 10.00. The maximum atomic E-state index is 12.4. The summed E-state index contributed by atoms with van der Waals surface area (Å²) in [5, 5.41) is 6.82. The molecular weight excluding hydrogens is 448 g/mol. The number of benzene rings is 2. The molecular formula is C22H24N4O6S. The second-order valence-electron chi connectivity index (χ2n) is 6.99. The highest BCUT2D eigenvalue weighted by molar-refractivity contribution is 7.89. The Kier molecular flexibility index (Phi) is 7.46. The summed E-state index contributed by atoms with van der Waals surface area (Å²) < 4.78 is 37.7. The molecule has 11 heteroatoms. The quantitative estimate of drug-likeness (QED) is 0.475. The van der Waals surface area contributed by atoms with Gasteiger partial charge >= 0.3 is 5.97 Å². The van der Waals surface area contributed by atoms with Gasteiger partial charge in [-0.2, -0.15) is 5.10 Å². The van der Waals surface area contributed by atoms with Gasteiger partial charge in [-0.05, 0) is 37.3 Å². The fourth-order valence-electron chi connectivity index (χ4n) is 2.80. The van der Waals surface area contributed by atoms with Gasteiger partial charge in [0.05, 0.1) is 23.4 Å². The third-order valence-corrected chi connectivity index (χ3v) is 6.24. The first-order chi connectivity index (χ1) is 15.7. The lowest BCUT2D eigenvalue weighted by Gasteiger charge is -2.13. The largest absolute Gasteiger partial charge is 0.480 e. The predicted molar refractivity (Wildman–Crippen MR) is 121 cm³/mol. The summed E-state index contributed by atoms with van der Waals surface area (Å²) in [5.41, 5.74) is 0.922. The van der Waals surface area contributed by atoms with Gasteiger partial charge in [0.1, 0.15) is 0 Å². The Balaban J connectivity index is 1.75. The minimum absolute atomic E-state index is 0.0416. The summed E-state index contributed by atoms with van der Waals surface area (Å²) in [7, 11) is -0.803. The Morgan fingerprint density at radius 3 is 2.48 bits per heavy atom. The van der Waals surface area contributed by atoms with Crippen molar-refractivity contribution in [2.45, 2.75) is 11.8 Å². The molecule has 0 aliphatic carbocycles. The SMILES string of the molecule is CCOC(=O)c1nn(-c2ccccc2)cc1OCC(=O)Nc1cccc(S(=O)(=O)N(C)C)c1. The molecule has 1 heterocycles. The molecule has 1 amide bonds. The van der Waals surface area contributed by atoms with Crippen LogP contribution >= 0.6 is 0 Å². The van der Waals surface area contributed by atoms with Crippen molar-refractivity contribution in [1.29, 1.82) is 0 Å². The van der Waals surface area contributed by atoms with Crippen molar-refractivity contribution in [3.8, 4) is 11.4 Å². The Labute approximate surface area is 191 Å². The van der Waals surface area contributed by atoms with Crippen LogP contribution < -0.4 is 10.1 Å². The minimum Gasteiger partial charge on any atom is -0.480 e. The molecule has 0 fully saturated rings. The van der Waals surface area contributed by atoms with Gasteiger partial charge in [0.25, 0.3) is 5.91 Å². The number of ether oxygens (including phenoxy) is 2. The van der Waals surface area contributed by atoms with E-state index in [0.29, 0.717) is 5.69 Å². The van der Waals surface area contributed by atoms with Gasteiger partial charge in [-0.15, -0.1) is 0 Å². The van der Waals surface area contributed by atoms with Gasteiger partial charge < -0.3 is 14.8 Å². The number of aromatic nitrogens is 2. The first-order valence-corrected chi connectivity index (χ1v) is 11.4. The maximum absolute atomic E-state index is 12.4. The number of hydrogen-bond acceptors (Lipinski definition) is 7. The maximum Gasteiger partial charge on any atom is 0.362 e. The standard InChI is InChI=1S/C22H24N4O6S/c1-4-31-22(28)21-19(14-26(24-21)17-10-6-5-7-11-17)32-15-20(27)23-16-9-8-12-18(13-16)33(29,30)25(2)3/h5-14H,4,15H2,1-3H3,(H,23,27). The molecule has 3 aromatic rings. The Morgan fingerprint density at radius 2 is 1.82 bits per heavy atom. The second kappa shape index (κ2) is 10.3. The molecule has 0 saturated carbocycles. The highest BCUT2D eigenvalue weighted by Crippen LogP contribution is 2.22. The third-order valence-electron chi connectivity index (χ3n) is 4.43. The highest BCUT2D eigenvalue weighted by atomic mass is 32.2. The number of rotatable bonds is 9. The average molecular weight is 473 g/mol. The lowest BCUT2D eigenvalue weighted by Crippen LogP contribution is -2.23. The van der Waals surface area contributed by atoms with Crippen LogP contribution in [0.25, 0.3) is 5.69 Å². The van der Waals surface area contributed by atoms with Crippen LogP contribution in [0.15, 0.2) is 65.7 Å². The normalized spacial score (nSPS) is 11.3. The van der Waals surface area contributed by atoms with Crippen molar-refractivity contribution in [1.82, 2.24) is 14.1 Å². The zero-order valence-electron chi connectivity index (χ0n) is 18.4. The van der Waals surface area contributed by atoms with E-state index in [2.05, 4.69) is 10.4 Å². The van der Waals surface area contributed by atoms with Gasteiger partial charge in [-0.3, -0.25) is 4.79 Å². The van der Waals surface area contributed by atoms with E-state index in [1.54, 1.807) is 25.1 Å². The van der Waals surface area contributed by atoms with Crippen LogP contribution in [0.1, 0.15) is 17.4 Å². The first kappa shape index (κ1) is 24.0. The van der Waals surface area contributed by atoms with Crippen LogP contribution in [-0.4, -0.2) is 61.7 Å². The summed E-state index contributed by atoms with van der Waals surface area (Å²) >= 11 is 0. The molecule has 2 aromatic carbocycles. The van der Waals surface area contributed by atoms with Crippen molar-refractivity contribution in [2.24, 2.45) is 0 Å². The third kappa shape index (κ3) is 5.76. The molecule has 3 rings (SSSR count). The molecule has 174 valence electrons. The number of carbonyl (C=O) groups excluding carboxylic acids is 2. The summed E-state index contributed by atoms with van der Waals surface area (Å²) in [6, 6.07) is 15.0. The van der Waals surface area contributed by atoms with E-state index in [-0.39, 0.29) is 28.6 Å². The summed E-state index contributed by atoms with van der Waals surface area (Å²) in [6.07, 6.45) is 1.49. The monoisotopic (exact) mass is 472 g/mol. The lowest BCUT2D eigenvalue weighted by atomic mass is 10.3. The van der Waals surface area contributed by atoms with E-state index in [4.69, 9.17) is 9.47 Å². The molecule has 0 aliphatic rings. The number of anilines is 1. The van der Waals surface area contributed by atoms with Crippen molar-refractivity contribution in [3.63, 3.8) is 0 Å². The average Bonchev–Trinajstić information content (AvgIpc) is 3.23. The number of amides is 1. The zero-order valence-corrected chi connectivity index (χ0v) is 19.2. The molecule has 0 bridgehead atoms. The Morgan fingerprint density at radius 1 is 1.09 bits per heavy atom. The van der Waals surface area contributed by atoms with Crippen molar-refractivity contribution >= 4 is 27.6 Å². The molecule has 0 saturated heterocycles. The topological polar surface area (TPSA) is 120 Å². The highest BCUT2D eigenvalue weighted by Gasteiger charge is 2.21. The van der Waals surface area contributed by atoms with E-state index in [1.165, 1.54) is 43.2 Å². The number of esters is 1. The van der Waals surface area contributed by atoms with Crippen molar-refractivity contribution in [3.05, 3.63) is 66.5 Å². The summed E-state index contributed by atoms with van der Waals surface area (Å²) in [5.74, 6) is -1.14. The summed E-state index contributed by atoms with van der Waals surface area (Å²) in [6.45, 7) is 1.39. The smallest absolute Gasteiger partial charge is 0.362 e. The van der Waals surface area contributed by atoms with Gasteiger partial charge in [0.15, 0.2) is 12.4 Å². The van der Waals surface area contributed by atoms with E-state index < -0.39 is 28.5 Å². The zero-order chi connectivity index (χ0) is 24.0. The van der Waals surface area contributed by atoms with Gasteiger partial charge in [0.2, 0.25) is 15.7 Å². The Bertz CT molecular complexity index is 1240. The van der Waals surface area contributed by atoms with E-state index in [9.17, 15) is 18.0 Å². The molecule has 0 unspecified atom stereocenters. The van der Waals surface area contributed by atoms with E-state index in [1.807, 2.05) is 18.2 Å². The number of nitrogens with one attached hydrogen (secondary N) is 1. The molecule has 1 N–H and O–H groups in total. The van der Waals surface area contributed by atoms with Crippen LogP contribution in [0.3, 0.4) is 0 Å². The van der Waals surface area contributed by atoms with Crippen LogP contribution in [0.4, 0.5) is 5.69 Å². The molecule has 10 nitrogen and oxygen atoms in total. The van der Waals surface area contributed by atoms with Crippen LogP contribution in [0.5, 0.6) is 5.75 Å². The fourth-order valence-corrected chi connectivity index (χ4v) is 3.75. The molecule has 0 spiro atoms. The predicted octanol–water partition coefficient (Wildman–Crippen LogP) is 2.32. The Hall–Kier alpha value is -3.70. The molecule has 33 heavy (non-hydrogen) atoms. The number of nitrogens with zero attached hydrogens (tertiary/aromatic N) is 3. The van der Waals surface area contributed by atoms with Crippen LogP contribution in [-0.2, 0) is 19.6 Å². The lowest BCUT2D eigenvalue weighted by molar-refractivity contribution is -0.118. The number of carbonyl (C=O) groups is 2. The van der Waals surface area contributed by atoms with Crippen LogP contribution in [0, 0.1) is 0 Å². The molecule has 0 radical (unpaired) electrons. The van der Waals surface area contributed by atoms with Crippen LogP contribution in [0.2, 0.25) is 0 Å². The number of para-hydroxylation sites is 1. The minimum atomic E-state index is -3.65. The van der Waals surface area contributed by atoms with Crippen molar-refractivity contribution < 1.29 is 27.5 Å². The van der Waals surface area contributed by atoms with Gasteiger partial charge in [-0.25, -0.2) is 22.2 Å². The molecule has 1 aromatic heterocycles. The molecule has 0 aliphatic heterocycles. The van der Waals surface area contributed by atoms with Gasteiger partial charge in [-0.1, -0.05) is 24.3 Å². The van der Waals surface area contributed by atoms with Crippen molar-refractivity contribution in [2.75, 3.05) is 32.6 Å². The van der Waals surface area contributed by atoms with E-state index in [0.717, 1.165) is 4.31 Å². The van der Waals surface area contributed by atoms with Gasteiger partial charge in [0, 0.05) is 19.8 Å². The summed E-state index contributed by atoms with van der Waals surface area (Å²) in [4.78, 5) is 24.8. The molecule has 0 atom stereocenters. The second-order valence-corrected chi connectivity index (χ2v) is 9.15. The number of hydrogen-bond donors (Lipinski definition) is 1.